The summed E-state index contributed by atoms with van der Waals surface area (Å²) in [6, 6.07) is 16.3. The number of aromatic amines is 1. The van der Waals surface area contributed by atoms with Gasteiger partial charge in [-0.25, -0.2) is 4.79 Å². The van der Waals surface area contributed by atoms with Gasteiger partial charge in [-0.2, -0.15) is 0 Å². The summed E-state index contributed by atoms with van der Waals surface area (Å²) in [5, 5.41) is 3.76. The van der Waals surface area contributed by atoms with Crippen LogP contribution in [-0.4, -0.2) is 42.3 Å². The first-order valence-electron chi connectivity index (χ1n) is 10.0. The maximum atomic E-state index is 13.0. The number of benzene rings is 2. The third-order valence-electron chi connectivity index (χ3n) is 5.25. The second kappa shape index (κ2) is 9.00. The van der Waals surface area contributed by atoms with E-state index in [0.717, 1.165) is 23.7 Å². The largest absolute Gasteiger partial charge is 0.497 e. The highest BCUT2D eigenvalue weighted by Gasteiger charge is 2.24. The first-order chi connectivity index (χ1) is 14.6. The number of hydrogen-bond acceptors (Lipinski definition) is 4. The zero-order valence-electron chi connectivity index (χ0n) is 16.9. The number of amides is 2. The molecule has 2 aromatic carbocycles. The van der Waals surface area contributed by atoms with Gasteiger partial charge in [0.1, 0.15) is 5.75 Å². The number of nitrogens with zero attached hydrogens (tertiary/aromatic N) is 1. The molecule has 1 saturated heterocycles. The zero-order valence-corrected chi connectivity index (χ0v) is 16.9. The number of fused-ring (bicyclic) bond motifs is 1. The molecule has 30 heavy (non-hydrogen) atoms. The summed E-state index contributed by atoms with van der Waals surface area (Å²) >= 11 is 0. The van der Waals surface area contributed by atoms with Crippen molar-refractivity contribution in [1.29, 1.82) is 0 Å². The normalized spacial score (nSPS) is 15.8. The van der Waals surface area contributed by atoms with Crippen LogP contribution in [-0.2, 0) is 11.3 Å². The maximum Gasteiger partial charge on any atom is 0.322 e. The summed E-state index contributed by atoms with van der Waals surface area (Å²) in [5.74, 6) is 0.707. The SMILES string of the molecule is COc1ccc2[nH]c(=O)c(CN(C[C@@H]3CCCO3)C(=O)Nc3ccccc3)cc2c1. The highest BCUT2D eigenvalue weighted by atomic mass is 16.5. The van der Waals surface area contributed by atoms with E-state index < -0.39 is 0 Å². The number of aromatic nitrogens is 1. The van der Waals surface area contributed by atoms with Crippen LogP contribution >= 0.6 is 0 Å². The van der Waals surface area contributed by atoms with Crippen LogP contribution in [0.2, 0.25) is 0 Å². The Morgan fingerprint density at radius 1 is 1.23 bits per heavy atom. The second-order valence-corrected chi connectivity index (χ2v) is 7.39. The molecule has 4 rings (SSSR count). The van der Waals surface area contributed by atoms with Crippen molar-refractivity contribution in [2.75, 3.05) is 25.6 Å². The number of carbonyl (C=O) groups is 1. The molecule has 0 bridgehead atoms. The van der Waals surface area contributed by atoms with Gasteiger partial charge in [0.25, 0.3) is 5.56 Å². The van der Waals surface area contributed by atoms with E-state index in [-0.39, 0.29) is 24.2 Å². The highest BCUT2D eigenvalue weighted by molar-refractivity contribution is 5.89. The maximum absolute atomic E-state index is 13.0. The van der Waals surface area contributed by atoms with Crippen LogP contribution in [0.25, 0.3) is 10.9 Å². The molecule has 1 aliphatic heterocycles. The van der Waals surface area contributed by atoms with Crippen molar-refractivity contribution in [3.8, 4) is 5.75 Å². The summed E-state index contributed by atoms with van der Waals surface area (Å²) in [7, 11) is 1.60. The lowest BCUT2D eigenvalue weighted by Crippen LogP contribution is -2.40. The van der Waals surface area contributed by atoms with Gasteiger partial charge in [0.15, 0.2) is 0 Å². The Hall–Kier alpha value is -3.32. The van der Waals surface area contributed by atoms with E-state index in [1.54, 1.807) is 18.1 Å². The van der Waals surface area contributed by atoms with Crippen molar-refractivity contribution in [2.24, 2.45) is 0 Å². The van der Waals surface area contributed by atoms with Gasteiger partial charge < -0.3 is 24.7 Å². The first kappa shape index (κ1) is 20.0. The van der Waals surface area contributed by atoms with Crippen molar-refractivity contribution < 1.29 is 14.3 Å². The Kier molecular flexibility index (Phi) is 5.99. The zero-order chi connectivity index (χ0) is 20.9. The lowest BCUT2D eigenvalue weighted by Gasteiger charge is -2.25. The molecule has 156 valence electrons. The molecule has 0 saturated carbocycles. The average Bonchev–Trinajstić information content (AvgIpc) is 3.27. The minimum absolute atomic E-state index is 0.0221. The van der Waals surface area contributed by atoms with Crippen LogP contribution in [0.4, 0.5) is 10.5 Å². The topological polar surface area (TPSA) is 83.7 Å². The van der Waals surface area contributed by atoms with Crippen LogP contribution in [0.15, 0.2) is 59.4 Å². The third-order valence-corrected chi connectivity index (χ3v) is 5.25. The molecule has 7 nitrogen and oxygen atoms in total. The van der Waals surface area contributed by atoms with E-state index in [9.17, 15) is 9.59 Å². The molecular weight excluding hydrogens is 382 g/mol. The minimum Gasteiger partial charge on any atom is -0.497 e. The molecule has 2 amide bonds. The fourth-order valence-corrected chi connectivity index (χ4v) is 3.66. The van der Waals surface area contributed by atoms with Crippen LogP contribution < -0.4 is 15.6 Å². The lowest BCUT2D eigenvalue weighted by molar-refractivity contribution is 0.0818. The number of anilines is 1. The van der Waals surface area contributed by atoms with Crippen molar-refractivity contribution in [3.63, 3.8) is 0 Å². The molecule has 7 heteroatoms. The lowest BCUT2D eigenvalue weighted by atomic mass is 10.1. The van der Waals surface area contributed by atoms with E-state index in [1.165, 1.54) is 0 Å². The van der Waals surface area contributed by atoms with Gasteiger partial charge in [0, 0.05) is 35.3 Å². The van der Waals surface area contributed by atoms with E-state index in [2.05, 4.69) is 10.3 Å². The predicted octanol–water partition coefficient (Wildman–Crippen LogP) is 3.75. The highest BCUT2D eigenvalue weighted by Crippen LogP contribution is 2.20. The monoisotopic (exact) mass is 407 g/mol. The van der Waals surface area contributed by atoms with Crippen molar-refractivity contribution in [2.45, 2.75) is 25.5 Å². The number of nitrogens with one attached hydrogen (secondary N) is 2. The van der Waals surface area contributed by atoms with Gasteiger partial charge in [-0.05, 0) is 49.2 Å². The smallest absolute Gasteiger partial charge is 0.322 e. The summed E-state index contributed by atoms with van der Waals surface area (Å²) in [6.45, 7) is 1.31. The van der Waals surface area contributed by atoms with Gasteiger partial charge in [-0.3, -0.25) is 4.79 Å². The molecule has 1 atom stereocenters. The van der Waals surface area contributed by atoms with Gasteiger partial charge in [0.05, 0.1) is 19.8 Å². The quantitative estimate of drug-likeness (QED) is 0.652. The molecule has 1 aromatic heterocycles. The number of carbonyl (C=O) groups excluding carboxylic acids is 1. The summed E-state index contributed by atoms with van der Waals surface area (Å²) in [6.07, 6.45) is 1.86. The van der Waals surface area contributed by atoms with Crippen LogP contribution in [0, 0.1) is 0 Å². The van der Waals surface area contributed by atoms with Crippen LogP contribution in [0.3, 0.4) is 0 Å². The molecule has 1 aliphatic rings. The molecule has 0 unspecified atom stereocenters. The van der Waals surface area contributed by atoms with Crippen molar-refractivity contribution in [3.05, 3.63) is 70.5 Å². The molecule has 2 N–H and O–H groups in total. The number of rotatable bonds is 6. The van der Waals surface area contributed by atoms with E-state index in [4.69, 9.17) is 9.47 Å². The fraction of sp³-hybridized carbons (Fsp3) is 0.304. The number of urea groups is 1. The minimum atomic E-state index is -0.262. The Morgan fingerprint density at radius 2 is 2.07 bits per heavy atom. The number of ether oxygens (including phenoxy) is 2. The predicted molar refractivity (Wildman–Crippen MR) is 116 cm³/mol. The number of H-pyrrole nitrogens is 1. The molecule has 0 radical (unpaired) electrons. The molecule has 2 heterocycles. The second-order valence-electron chi connectivity index (χ2n) is 7.39. The van der Waals surface area contributed by atoms with E-state index in [0.29, 0.717) is 30.2 Å². The third kappa shape index (κ3) is 4.63. The Labute approximate surface area is 174 Å². The Bertz CT molecular complexity index is 1070. The molecule has 0 aliphatic carbocycles. The number of pyridine rings is 1. The van der Waals surface area contributed by atoms with Crippen molar-refractivity contribution >= 4 is 22.6 Å². The molecule has 0 spiro atoms. The van der Waals surface area contributed by atoms with Crippen LogP contribution in [0.1, 0.15) is 18.4 Å². The Morgan fingerprint density at radius 3 is 2.80 bits per heavy atom. The number of para-hydroxylation sites is 1. The first-order valence-corrected chi connectivity index (χ1v) is 10.0. The van der Waals surface area contributed by atoms with Crippen LogP contribution in [0.5, 0.6) is 5.75 Å². The average molecular weight is 407 g/mol. The van der Waals surface area contributed by atoms with Gasteiger partial charge in [0.2, 0.25) is 0 Å². The standard InChI is InChI=1S/C23H25N3O4/c1-29-19-9-10-21-16(13-19)12-17(22(27)25-21)14-26(15-20-8-5-11-30-20)23(28)24-18-6-3-2-4-7-18/h2-4,6-7,9-10,12-13,20H,5,8,11,14-15H2,1H3,(H,24,28)(H,25,27)/t20-/m0/s1. The van der Waals surface area contributed by atoms with Gasteiger partial charge in [-0.15, -0.1) is 0 Å². The summed E-state index contributed by atoms with van der Waals surface area (Å²) < 4.78 is 11.0. The summed E-state index contributed by atoms with van der Waals surface area (Å²) in [4.78, 5) is 30.2. The molecular formula is C23H25N3O4. The molecule has 3 aromatic rings. The molecule has 1 fully saturated rings. The Balaban J connectivity index is 1.60. The van der Waals surface area contributed by atoms with E-state index in [1.807, 2.05) is 48.5 Å². The summed E-state index contributed by atoms with van der Waals surface area (Å²) in [5.41, 5.74) is 1.73. The number of hydrogen-bond donors (Lipinski definition) is 2. The van der Waals surface area contributed by atoms with E-state index >= 15 is 0 Å². The van der Waals surface area contributed by atoms with Crippen molar-refractivity contribution in [1.82, 2.24) is 9.88 Å². The van der Waals surface area contributed by atoms with Gasteiger partial charge in [-0.1, -0.05) is 18.2 Å². The van der Waals surface area contributed by atoms with Gasteiger partial charge >= 0.3 is 6.03 Å². The number of methoxy groups -OCH3 is 1. The fourth-order valence-electron chi connectivity index (χ4n) is 3.66.